The number of halogens is 1. The van der Waals surface area contributed by atoms with Crippen LogP contribution in [0.25, 0.3) is 0 Å². The summed E-state index contributed by atoms with van der Waals surface area (Å²) in [6.45, 7) is 0. The summed E-state index contributed by atoms with van der Waals surface area (Å²) in [5.74, 6) is 1.76. The van der Waals surface area contributed by atoms with E-state index in [2.05, 4.69) is 15.9 Å². The average Bonchev–Trinajstić information content (AvgIpc) is 2.53. The molecule has 3 nitrogen and oxygen atoms in total. The van der Waals surface area contributed by atoms with E-state index in [1.54, 1.807) is 14.2 Å². The Morgan fingerprint density at radius 3 is 2.43 bits per heavy atom. The van der Waals surface area contributed by atoms with E-state index in [-0.39, 0.29) is 5.78 Å². The standard InChI is InChI=1S/C16H15BrO3S/c1-19-13-8-9-14(15(17)16(13)20-2)21-10-12(18)11-6-4-3-5-7-11/h3-9H,10H2,1-2H3. The van der Waals surface area contributed by atoms with Crippen LogP contribution in [0.3, 0.4) is 0 Å². The maximum Gasteiger partial charge on any atom is 0.176 e. The Bertz CT molecular complexity index is 629. The summed E-state index contributed by atoms with van der Waals surface area (Å²) in [4.78, 5) is 13.1. The molecule has 21 heavy (non-hydrogen) atoms. The van der Waals surface area contributed by atoms with E-state index in [1.807, 2.05) is 42.5 Å². The zero-order valence-corrected chi connectivity index (χ0v) is 14.2. The number of hydrogen-bond donors (Lipinski definition) is 0. The van der Waals surface area contributed by atoms with Crippen molar-refractivity contribution < 1.29 is 14.3 Å². The number of ketones is 1. The maximum atomic E-state index is 12.1. The van der Waals surface area contributed by atoms with Crippen LogP contribution >= 0.6 is 27.7 Å². The molecule has 0 saturated heterocycles. The Labute approximate surface area is 136 Å². The summed E-state index contributed by atoms with van der Waals surface area (Å²) in [5, 5.41) is 0. The molecule has 0 saturated carbocycles. The first-order valence-corrected chi connectivity index (χ1v) is 8.06. The van der Waals surface area contributed by atoms with Gasteiger partial charge in [-0.05, 0) is 28.1 Å². The van der Waals surface area contributed by atoms with Gasteiger partial charge in [-0.3, -0.25) is 4.79 Å². The predicted molar refractivity (Wildman–Crippen MR) is 88.7 cm³/mol. The van der Waals surface area contributed by atoms with Gasteiger partial charge in [0.1, 0.15) is 0 Å². The number of thioether (sulfide) groups is 1. The fourth-order valence-electron chi connectivity index (χ4n) is 1.83. The van der Waals surface area contributed by atoms with Gasteiger partial charge >= 0.3 is 0 Å². The van der Waals surface area contributed by atoms with Gasteiger partial charge in [0.05, 0.1) is 24.4 Å². The molecule has 0 bridgehead atoms. The minimum atomic E-state index is 0.0993. The second-order valence-corrected chi connectivity index (χ2v) is 6.00. The molecule has 0 spiro atoms. The molecule has 110 valence electrons. The van der Waals surface area contributed by atoms with Crippen LogP contribution in [-0.2, 0) is 0 Å². The third-order valence-corrected chi connectivity index (χ3v) is 5.01. The Morgan fingerprint density at radius 2 is 1.81 bits per heavy atom. The van der Waals surface area contributed by atoms with E-state index in [9.17, 15) is 4.79 Å². The molecule has 2 aromatic rings. The molecule has 0 amide bonds. The van der Waals surface area contributed by atoms with E-state index < -0.39 is 0 Å². The van der Waals surface area contributed by atoms with Crippen molar-refractivity contribution in [2.45, 2.75) is 4.90 Å². The molecule has 0 aliphatic carbocycles. The number of benzene rings is 2. The van der Waals surface area contributed by atoms with E-state index in [0.717, 1.165) is 14.9 Å². The lowest BCUT2D eigenvalue weighted by Gasteiger charge is -2.12. The number of methoxy groups -OCH3 is 2. The second kappa shape index (κ2) is 7.52. The monoisotopic (exact) mass is 366 g/mol. The molecular weight excluding hydrogens is 352 g/mol. The highest BCUT2D eigenvalue weighted by molar-refractivity contribution is 9.10. The van der Waals surface area contributed by atoms with E-state index in [1.165, 1.54) is 11.8 Å². The minimum absolute atomic E-state index is 0.0993. The molecule has 0 aliphatic rings. The number of ether oxygens (including phenoxy) is 2. The van der Waals surface area contributed by atoms with Crippen molar-refractivity contribution >= 4 is 33.5 Å². The van der Waals surface area contributed by atoms with Gasteiger partial charge in [0.15, 0.2) is 17.3 Å². The van der Waals surface area contributed by atoms with Crippen LogP contribution in [0.15, 0.2) is 51.8 Å². The van der Waals surface area contributed by atoms with Gasteiger partial charge in [0.2, 0.25) is 0 Å². The lowest BCUT2D eigenvalue weighted by molar-refractivity contribution is 0.102. The summed E-state index contributed by atoms with van der Waals surface area (Å²) in [6, 6.07) is 13.0. The molecule has 0 atom stereocenters. The normalized spacial score (nSPS) is 10.2. The molecule has 0 N–H and O–H groups in total. The lowest BCUT2D eigenvalue weighted by atomic mass is 10.2. The number of Topliss-reactive ketones (excluding diaryl/α,β-unsaturated/α-hetero) is 1. The quantitative estimate of drug-likeness (QED) is 0.559. The molecule has 0 fully saturated rings. The van der Waals surface area contributed by atoms with Gasteiger partial charge < -0.3 is 9.47 Å². The second-order valence-electron chi connectivity index (χ2n) is 4.19. The molecule has 0 aromatic heterocycles. The van der Waals surface area contributed by atoms with Gasteiger partial charge in [-0.2, -0.15) is 0 Å². The van der Waals surface area contributed by atoms with Crippen molar-refractivity contribution in [1.82, 2.24) is 0 Å². The Balaban J connectivity index is 2.12. The number of hydrogen-bond acceptors (Lipinski definition) is 4. The highest BCUT2D eigenvalue weighted by Crippen LogP contribution is 2.41. The Morgan fingerprint density at radius 1 is 1.10 bits per heavy atom. The fourth-order valence-corrected chi connectivity index (χ4v) is 3.50. The summed E-state index contributed by atoms with van der Waals surface area (Å²) in [5.41, 5.74) is 0.724. The number of carbonyl (C=O) groups excluding carboxylic acids is 1. The van der Waals surface area contributed by atoms with Crippen LogP contribution in [0.1, 0.15) is 10.4 Å². The fraction of sp³-hybridized carbons (Fsp3) is 0.188. The first kappa shape index (κ1) is 15.9. The van der Waals surface area contributed by atoms with Crippen molar-refractivity contribution in [3.8, 4) is 11.5 Å². The van der Waals surface area contributed by atoms with Crippen molar-refractivity contribution in [2.24, 2.45) is 0 Å². The van der Waals surface area contributed by atoms with E-state index in [0.29, 0.717) is 17.3 Å². The molecule has 2 rings (SSSR count). The largest absolute Gasteiger partial charge is 0.493 e. The van der Waals surface area contributed by atoms with Crippen molar-refractivity contribution in [3.05, 3.63) is 52.5 Å². The third-order valence-electron chi connectivity index (χ3n) is 2.90. The predicted octanol–water partition coefficient (Wildman–Crippen LogP) is 4.44. The van der Waals surface area contributed by atoms with Gasteiger partial charge in [-0.1, -0.05) is 30.3 Å². The average molecular weight is 367 g/mol. The molecule has 0 radical (unpaired) electrons. The molecule has 0 aliphatic heterocycles. The van der Waals surface area contributed by atoms with Crippen molar-refractivity contribution in [1.29, 1.82) is 0 Å². The molecule has 5 heteroatoms. The van der Waals surface area contributed by atoms with Gasteiger partial charge in [-0.15, -0.1) is 11.8 Å². The Hall–Kier alpha value is -1.46. The zero-order valence-electron chi connectivity index (χ0n) is 11.8. The van der Waals surface area contributed by atoms with Crippen LogP contribution in [0, 0.1) is 0 Å². The number of carbonyl (C=O) groups is 1. The number of rotatable bonds is 6. The zero-order chi connectivity index (χ0) is 15.2. The summed E-state index contributed by atoms with van der Waals surface area (Å²) in [7, 11) is 3.18. The van der Waals surface area contributed by atoms with Gasteiger partial charge in [0.25, 0.3) is 0 Å². The Kier molecular flexibility index (Phi) is 5.70. The van der Waals surface area contributed by atoms with E-state index >= 15 is 0 Å². The summed E-state index contributed by atoms with van der Waals surface area (Å²) < 4.78 is 11.4. The maximum absolute atomic E-state index is 12.1. The molecular formula is C16H15BrO3S. The highest BCUT2D eigenvalue weighted by Gasteiger charge is 2.14. The van der Waals surface area contributed by atoms with Crippen LogP contribution in [0.5, 0.6) is 11.5 Å². The van der Waals surface area contributed by atoms with E-state index in [4.69, 9.17) is 9.47 Å². The summed E-state index contributed by atoms with van der Waals surface area (Å²) in [6.07, 6.45) is 0. The van der Waals surface area contributed by atoms with Crippen LogP contribution in [0.4, 0.5) is 0 Å². The lowest BCUT2D eigenvalue weighted by Crippen LogP contribution is -2.02. The topological polar surface area (TPSA) is 35.5 Å². The molecule has 2 aromatic carbocycles. The minimum Gasteiger partial charge on any atom is -0.493 e. The van der Waals surface area contributed by atoms with Crippen molar-refractivity contribution in [2.75, 3.05) is 20.0 Å². The van der Waals surface area contributed by atoms with Crippen LogP contribution < -0.4 is 9.47 Å². The van der Waals surface area contributed by atoms with Gasteiger partial charge in [-0.25, -0.2) is 0 Å². The third kappa shape index (κ3) is 3.80. The first-order valence-electron chi connectivity index (χ1n) is 6.29. The molecule has 0 unspecified atom stereocenters. The van der Waals surface area contributed by atoms with Crippen molar-refractivity contribution in [3.63, 3.8) is 0 Å². The first-order chi connectivity index (χ1) is 10.2. The van der Waals surface area contributed by atoms with Crippen LogP contribution in [0.2, 0.25) is 0 Å². The highest BCUT2D eigenvalue weighted by atomic mass is 79.9. The SMILES string of the molecule is COc1ccc(SCC(=O)c2ccccc2)c(Br)c1OC. The molecule has 0 heterocycles. The smallest absolute Gasteiger partial charge is 0.176 e. The summed E-state index contributed by atoms with van der Waals surface area (Å²) >= 11 is 4.97. The van der Waals surface area contributed by atoms with Crippen LogP contribution in [-0.4, -0.2) is 25.8 Å². The van der Waals surface area contributed by atoms with Gasteiger partial charge in [0, 0.05) is 10.5 Å².